The summed E-state index contributed by atoms with van der Waals surface area (Å²) in [5.41, 5.74) is 1.20. The normalized spacial score (nSPS) is 18.4. The Morgan fingerprint density at radius 1 is 1.35 bits per heavy atom. The third-order valence-electron chi connectivity index (χ3n) is 3.49. The Bertz CT molecular complexity index is 495. The summed E-state index contributed by atoms with van der Waals surface area (Å²) in [7, 11) is 0. The molecule has 1 aliphatic carbocycles. The third-order valence-corrected chi connectivity index (χ3v) is 4.18. The highest BCUT2D eigenvalue weighted by Crippen LogP contribution is 2.43. The zero-order valence-electron chi connectivity index (χ0n) is 11.7. The minimum Gasteiger partial charge on any atom is -0.507 e. The molecule has 0 amide bonds. The van der Waals surface area contributed by atoms with Gasteiger partial charge in [0.2, 0.25) is 0 Å². The molecule has 1 unspecified atom stereocenters. The van der Waals surface area contributed by atoms with Crippen LogP contribution in [0.15, 0.2) is 16.6 Å². The Morgan fingerprint density at radius 3 is 2.60 bits per heavy atom. The number of aromatic hydroxyl groups is 1. The van der Waals surface area contributed by atoms with Crippen molar-refractivity contribution in [3.63, 3.8) is 0 Å². The maximum absolute atomic E-state index is 12.1. The molecule has 0 saturated carbocycles. The topological polar surface area (TPSA) is 55.8 Å². The van der Waals surface area contributed by atoms with Gasteiger partial charge in [0.1, 0.15) is 5.75 Å². The number of hydrogen-bond acceptors (Lipinski definition) is 4. The minimum atomic E-state index is -0.394. The molecule has 0 saturated heterocycles. The number of halogens is 1. The molecule has 1 aliphatic rings. The van der Waals surface area contributed by atoms with Gasteiger partial charge in [0.15, 0.2) is 12.1 Å². The van der Waals surface area contributed by atoms with E-state index < -0.39 is 6.29 Å². The Balaban J connectivity index is 2.46. The van der Waals surface area contributed by atoms with Gasteiger partial charge in [-0.05, 0) is 38.0 Å². The number of carbonyl (C=O) groups excluding carboxylic acids is 1. The lowest BCUT2D eigenvalue weighted by molar-refractivity contribution is -0.151. The summed E-state index contributed by atoms with van der Waals surface area (Å²) in [5, 5.41) is 9.99. The van der Waals surface area contributed by atoms with Crippen LogP contribution < -0.4 is 0 Å². The standard InChI is InChI=1S/C15H19BrO4/c1-3-19-15(20-4-2)9-5-7-11(17)14-12(18)8-6-10(16)13(9)14/h6,8-9,15,18H,3-5,7H2,1-2H3. The van der Waals surface area contributed by atoms with Crippen LogP contribution >= 0.6 is 15.9 Å². The second-order valence-electron chi connectivity index (χ2n) is 4.70. The van der Waals surface area contributed by atoms with Crippen molar-refractivity contribution in [2.45, 2.75) is 38.9 Å². The SMILES string of the molecule is CCOC(OCC)C1CCC(=O)c2c(O)ccc(Br)c21. The van der Waals surface area contributed by atoms with Gasteiger partial charge in [0.25, 0.3) is 0 Å². The van der Waals surface area contributed by atoms with Crippen LogP contribution in [0.3, 0.4) is 0 Å². The fraction of sp³-hybridized carbons (Fsp3) is 0.533. The van der Waals surface area contributed by atoms with Crippen molar-refractivity contribution in [2.75, 3.05) is 13.2 Å². The summed E-state index contributed by atoms with van der Waals surface area (Å²) in [6.45, 7) is 4.92. The Hall–Kier alpha value is -0.910. The second kappa shape index (κ2) is 6.70. The number of ketones is 1. The van der Waals surface area contributed by atoms with Crippen molar-refractivity contribution < 1.29 is 19.4 Å². The van der Waals surface area contributed by atoms with E-state index in [1.165, 1.54) is 0 Å². The molecule has 1 atom stereocenters. The first-order valence-electron chi connectivity index (χ1n) is 6.87. The quantitative estimate of drug-likeness (QED) is 0.830. The summed E-state index contributed by atoms with van der Waals surface area (Å²) in [6.07, 6.45) is 0.673. The Labute approximate surface area is 127 Å². The van der Waals surface area contributed by atoms with E-state index in [1.54, 1.807) is 12.1 Å². The molecule has 1 N–H and O–H groups in total. The Morgan fingerprint density at radius 2 is 2.00 bits per heavy atom. The number of rotatable bonds is 5. The first-order chi connectivity index (χ1) is 9.60. The summed E-state index contributed by atoms with van der Waals surface area (Å²) in [5.74, 6) is -0.0458. The molecular weight excluding hydrogens is 324 g/mol. The predicted molar refractivity (Wildman–Crippen MR) is 79.2 cm³/mol. The van der Waals surface area contributed by atoms with E-state index in [2.05, 4.69) is 15.9 Å². The summed E-state index contributed by atoms with van der Waals surface area (Å²) in [6, 6.07) is 3.30. The van der Waals surface area contributed by atoms with E-state index in [0.717, 1.165) is 10.0 Å². The largest absolute Gasteiger partial charge is 0.507 e. The molecule has 0 radical (unpaired) electrons. The molecule has 2 rings (SSSR count). The van der Waals surface area contributed by atoms with Crippen molar-refractivity contribution in [2.24, 2.45) is 0 Å². The molecule has 0 bridgehead atoms. The molecule has 4 nitrogen and oxygen atoms in total. The monoisotopic (exact) mass is 342 g/mol. The van der Waals surface area contributed by atoms with Crippen LogP contribution in [0.25, 0.3) is 0 Å². The molecule has 20 heavy (non-hydrogen) atoms. The van der Waals surface area contributed by atoms with E-state index in [9.17, 15) is 9.90 Å². The van der Waals surface area contributed by atoms with Gasteiger partial charge in [0.05, 0.1) is 5.56 Å². The molecule has 110 valence electrons. The summed E-state index contributed by atoms with van der Waals surface area (Å²) < 4.78 is 12.2. The van der Waals surface area contributed by atoms with Crippen LogP contribution in [0.4, 0.5) is 0 Å². The predicted octanol–water partition coefficient (Wildman–Crippen LogP) is 3.61. The molecule has 0 fully saturated rings. The van der Waals surface area contributed by atoms with Gasteiger partial charge in [-0.1, -0.05) is 15.9 Å². The van der Waals surface area contributed by atoms with Crippen molar-refractivity contribution in [1.29, 1.82) is 0 Å². The highest BCUT2D eigenvalue weighted by atomic mass is 79.9. The number of carbonyl (C=O) groups is 1. The van der Waals surface area contributed by atoms with Crippen LogP contribution in [0.5, 0.6) is 5.75 Å². The molecule has 0 heterocycles. The van der Waals surface area contributed by atoms with Gasteiger partial charge in [-0.3, -0.25) is 4.79 Å². The van der Waals surface area contributed by atoms with Crippen molar-refractivity contribution in [3.8, 4) is 5.75 Å². The van der Waals surface area contributed by atoms with E-state index in [0.29, 0.717) is 31.6 Å². The fourth-order valence-electron chi connectivity index (χ4n) is 2.68. The maximum atomic E-state index is 12.1. The van der Waals surface area contributed by atoms with Crippen LogP contribution in [-0.2, 0) is 9.47 Å². The lowest BCUT2D eigenvalue weighted by atomic mass is 9.81. The number of ether oxygens (including phenoxy) is 2. The van der Waals surface area contributed by atoms with Crippen LogP contribution in [0, 0.1) is 0 Å². The van der Waals surface area contributed by atoms with Crippen molar-refractivity contribution in [3.05, 3.63) is 27.7 Å². The number of hydrogen-bond donors (Lipinski definition) is 1. The van der Waals surface area contributed by atoms with Crippen LogP contribution in [0.2, 0.25) is 0 Å². The number of phenolic OH excluding ortho intramolecular Hbond substituents is 1. The zero-order chi connectivity index (χ0) is 14.7. The second-order valence-corrected chi connectivity index (χ2v) is 5.56. The number of benzene rings is 1. The first kappa shape index (κ1) is 15.5. The zero-order valence-corrected chi connectivity index (χ0v) is 13.3. The molecule has 0 spiro atoms. The van der Waals surface area contributed by atoms with Crippen LogP contribution in [0.1, 0.15) is 48.5 Å². The Kier molecular flexibility index (Phi) is 5.18. The van der Waals surface area contributed by atoms with E-state index in [-0.39, 0.29) is 17.5 Å². The van der Waals surface area contributed by atoms with E-state index >= 15 is 0 Å². The summed E-state index contributed by atoms with van der Waals surface area (Å²) >= 11 is 3.48. The highest BCUT2D eigenvalue weighted by Gasteiger charge is 2.35. The van der Waals surface area contributed by atoms with E-state index in [4.69, 9.17) is 9.47 Å². The average Bonchev–Trinajstić information content (AvgIpc) is 2.43. The lowest BCUT2D eigenvalue weighted by Gasteiger charge is -2.32. The van der Waals surface area contributed by atoms with Crippen molar-refractivity contribution in [1.82, 2.24) is 0 Å². The number of phenols is 1. The molecule has 5 heteroatoms. The molecule has 0 aliphatic heterocycles. The van der Waals surface area contributed by atoms with E-state index in [1.807, 2.05) is 13.8 Å². The van der Waals surface area contributed by atoms with Gasteiger partial charge in [-0.25, -0.2) is 0 Å². The number of fused-ring (bicyclic) bond motifs is 1. The maximum Gasteiger partial charge on any atom is 0.166 e. The van der Waals surface area contributed by atoms with Gasteiger partial charge in [-0.2, -0.15) is 0 Å². The van der Waals surface area contributed by atoms with Gasteiger partial charge in [0, 0.05) is 30.0 Å². The first-order valence-corrected chi connectivity index (χ1v) is 7.67. The minimum absolute atomic E-state index is 0.0261. The number of Topliss-reactive ketones (excluding diaryl/α,β-unsaturated/α-hetero) is 1. The molecule has 1 aromatic rings. The molecule has 0 aromatic heterocycles. The lowest BCUT2D eigenvalue weighted by Crippen LogP contribution is -2.30. The van der Waals surface area contributed by atoms with Gasteiger partial charge < -0.3 is 14.6 Å². The average molecular weight is 343 g/mol. The highest BCUT2D eigenvalue weighted by molar-refractivity contribution is 9.10. The van der Waals surface area contributed by atoms with Crippen molar-refractivity contribution >= 4 is 21.7 Å². The smallest absolute Gasteiger partial charge is 0.166 e. The third kappa shape index (κ3) is 2.90. The summed E-state index contributed by atoms with van der Waals surface area (Å²) in [4.78, 5) is 12.1. The fourth-order valence-corrected chi connectivity index (χ4v) is 3.30. The van der Waals surface area contributed by atoms with Gasteiger partial charge in [-0.15, -0.1) is 0 Å². The van der Waals surface area contributed by atoms with Crippen LogP contribution in [-0.4, -0.2) is 30.4 Å². The molecular formula is C15H19BrO4. The molecule has 1 aromatic carbocycles. The van der Waals surface area contributed by atoms with Gasteiger partial charge >= 0.3 is 0 Å².